The number of benzene rings is 1. The van der Waals surface area contributed by atoms with Crippen molar-refractivity contribution in [2.75, 3.05) is 0 Å². The topological polar surface area (TPSA) is 69.4 Å². The number of hydrogen-bond acceptors (Lipinski definition) is 4. The third-order valence-corrected chi connectivity index (χ3v) is 3.57. The fraction of sp³-hybridized carbons (Fsp3) is 0.455. The van der Waals surface area contributed by atoms with E-state index in [0.717, 1.165) is 12.8 Å². The molecule has 1 aromatic rings. The van der Waals surface area contributed by atoms with Crippen LogP contribution >= 0.6 is 0 Å². The van der Waals surface area contributed by atoms with E-state index >= 15 is 0 Å². The van der Waals surface area contributed by atoms with Gasteiger partial charge in [0.1, 0.15) is 11.1 Å². The summed E-state index contributed by atoms with van der Waals surface area (Å²) in [5.41, 5.74) is 5.57. The SMILES string of the molecule is CCCCC(N)S(=O)(=O)Oc1ccccc1.[NaH]. The van der Waals surface area contributed by atoms with E-state index in [-0.39, 0.29) is 29.6 Å². The Morgan fingerprint density at radius 3 is 2.41 bits per heavy atom. The maximum atomic E-state index is 11.7. The van der Waals surface area contributed by atoms with E-state index < -0.39 is 15.5 Å². The third kappa shape index (κ3) is 5.88. The minimum atomic E-state index is -3.71. The Kier molecular flexibility index (Phi) is 8.07. The second-order valence-electron chi connectivity index (χ2n) is 3.57. The molecular weight excluding hydrogens is 249 g/mol. The Morgan fingerprint density at radius 2 is 1.88 bits per heavy atom. The monoisotopic (exact) mass is 267 g/mol. The number of rotatable bonds is 6. The molecule has 1 aromatic carbocycles. The van der Waals surface area contributed by atoms with Crippen LogP contribution in [0.5, 0.6) is 5.75 Å². The van der Waals surface area contributed by atoms with Crippen LogP contribution in [0, 0.1) is 0 Å². The van der Waals surface area contributed by atoms with Crippen LogP contribution in [0.1, 0.15) is 26.2 Å². The zero-order valence-electron chi connectivity index (χ0n) is 9.30. The van der Waals surface area contributed by atoms with Crippen molar-refractivity contribution in [3.63, 3.8) is 0 Å². The summed E-state index contributed by atoms with van der Waals surface area (Å²) in [6.45, 7) is 1.98. The van der Waals surface area contributed by atoms with Crippen LogP contribution in [-0.2, 0) is 10.1 Å². The molecule has 6 heteroatoms. The van der Waals surface area contributed by atoms with Crippen molar-refractivity contribution >= 4 is 39.7 Å². The van der Waals surface area contributed by atoms with E-state index in [1.807, 2.05) is 6.92 Å². The summed E-state index contributed by atoms with van der Waals surface area (Å²) >= 11 is 0. The second kappa shape index (κ2) is 8.11. The van der Waals surface area contributed by atoms with Crippen LogP contribution in [-0.4, -0.2) is 43.3 Å². The van der Waals surface area contributed by atoms with Gasteiger partial charge in [0, 0.05) is 0 Å². The molecule has 0 aromatic heterocycles. The van der Waals surface area contributed by atoms with Crippen molar-refractivity contribution in [3.8, 4) is 5.75 Å². The summed E-state index contributed by atoms with van der Waals surface area (Å²) in [5, 5.41) is -0.951. The summed E-state index contributed by atoms with van der Waals surface area (Å²) < 4.78 is 28.2. The summed E-state index contributed by atoms with van der Waals surface area (Å²) in [6.07, 6.45) is 2.11. The Hall–Kier alpha value is -0.0700. The van der Waals surface area contributed by atoms with E-state index in [1.165, 1.54) is 0 Å². The summed E-state index contributed by atoms with van der Waals surface area (Å²) in [5.74, 6) is 0.300. The average molecular weight is 267 g/mol. The Morgan fingerprint density at radius 1 is 1.29 bits per heavy atom. The van der Waals surface area contributed by atoms with Gasteiger partial charge in [-0.05, 0) is 18.6 Å². The third-order valence-electron chi connectivity index (χ3n) is 2.17. The Bertz CT molecular complexity index is 408. The molecule has 1 unspecified atom stereocenters. The van der Waals surface area contributed by atoms with Crippen LogP contribution in [0.3, 0.4) is 0 Å². The second-order valence-corrected chi connectivity index (χ2v) is 5.33. The quantitative estimate of drug-likeness (QED) is 0.621. The van der Waals surface area contributed by atoms with Crippen molar-refractivity contribution in [2.24, 2.45) is 5.73 Å². The summed E-state index contributed by atoms with van der Waals surface area (Å²) in [4.78, 5) is 0. The zero-order valence-corrected chi connectivity index (χ0v) is 10.1. The van der Waals surface area contributed by atoms with Gasteiger partial charge in [-0.15, -0.1) is 0 Å². The van der Waals surface area contributed by atoms with Gasteiger partial charge in [-0.2, -0.15) is 8.42 Å². The molecule has 0 aliphatic heterocycles. The van der Waals surface area contributed by atoms with Crippen LogP contribution in [0.4, 0.5) is 0 Å². The van der Waals surface area contributed by atoms with Crippen LogP contribution in [0.2, 0.25) is 0 Å². The number of para-hydroxylation sites is 1. The molecule has 0 aliphatic carbocycles. The average Bonchev–Trinajstić information content (AvgIpc) is 2.26. The molecule has 2 N–H and O–H groups in total. The molecule has 1 rings (SSSR count). The number of unbranched alkanes of at least 4 members (excludes halogenated alkanes) is 1. The molecule has 0 bridgehead atoms. The first-order valence-corrected chi connectivity index (χ1v) is 6.77. The Labute approximate surface area is 125 Å². The van der Waals surface area contributed by atoms with Crippen molar-refractivity contribution in [1.29, 1.82) is 0 Å². The van der Waals surface area contributed by atoms with Gasteiger partial charge < -0.3 is 9.92 Å². The van der Waals surface area contributed by atoms with Gasteiger partial charge in [0.15, 0.2) is 0 Å². The predicted octanol–water partition coefficient (Wildman–Crippen LogP) is 1.22. The molecule has 92 valence electrons. The first-order chi connectivity index (χ1) is 7.56. The Balaban J connectivity index is 0.00000256. The van der Waals surface area contributed by atoms with E-state index in [9.17, 15) is 8.42 Å². The molecule has 4 nitrogen and oxygen atoms in total. The maximum absolute atomic E-state index is 11.7. The number of nitrogens with two attached hydrogens (primary N) is 1. The standard InChI is InChI=1S/C11H17NO3S.Na.H/c1-2-3-9-11(12)16(13,14)15-10-7-5-4-6-8-10;;/h4-8,11H,2-3,9,12H2,1H3;;. The molecular formula is C11H18NNaO3S. The first kappa shape index (κ1) is 16.9. The van der Waals surface area contributed by atoms with Crippen molar-refractivity contribution in [2.45, 2.75) is 31.6 Å². The molecule has 1 atom stereocenters. The van der Waals surface area contributed by atoms with Gasteiger partial charge >= 0.3 is 39.7 Å². The summed E-state index contributed by atoms with van der Waals surface area (Å²) in [6, 6.07) is 8.38. The molecule has 0 saturated carbocycles. The fourth-order valence-corrected chi connectivity index (χ4v) is 2.18. The van der Waals surface area contributed by atoms with E-state index in [2.05, 4.69) is 0 Å². The minimum absolute atomic E-state index is 0. The van der Waals surface area contributed by atoms with Gasteiger partial charge in [-0.3, -0.25) is 0 Å². The van der Waals surface area contributed by atoms with E-state index in [1.54, 1.807) is 30.3 Å². The van der Waals surface area contributed by atoms with Gasteiger partial charge in [0.25, 0.3) is 0 Å². The molecule has 17 heavy (non-hydrogen) atoms. The molecule has 0 spiro atoms. The molecule has 0 fully saturated rings. The van der Waals surface area contributed by atoms with Crippen LogP contribution in [0.15, 0.2) is 30.3 Å². The molecule has 0 heterocycles. The number of hydrogen-bond donors (Lipinski definition) is 1. The predicted molar refractivity (Wildman–Crippen MR) is 70.6 cm³/mol. The fourth-order valence-electron chi connectivity index (χ4n) is 1.22. The van der Waals surface area contributed by atoms with Gasteiger partial charge in [-0.1, -0.05) is 38.0 Å². The van der Waals surface area contributed by atoms with Gasteiger partial charge in [0.05, 0.1) is 0 Å². The molecule has 0 amide bonds. The zero-order chi connectivity index (χ0) is 12.0. The van der Waals surface area contributed by atoms with E-state index in [0.29, 0.717) is 12.2 Å². The van der Waals surface area contributed by atoms with Gasteiger partial charge in [-0.25, -0.2) is 0 Å². The van der Waals surface area contributed by atoms with Crippen molar-refractivity contribution < 1.29 is 12.6 Å². The van der Waals surface area contributed by atoms with Crippen LogP contribution in [0.25, 0.3) is 0 Å². The summed E-state index contributed by atoms with van der Waals surface area (Å²) in [7, 11) is -3.71. The van der Waals surface area contributed by atoms with Gasteiger partial charge in [0.2, 0.25) is 0 Å². The van der Waals surface area contributed by atoms with Crippen molar-refractivity contribution in [3.05, 3.63) is 30.3 Å². The van der Waals surface area contributed by atoms with Crippen LogP contribution < -0.4 is 9.92 Å². The molecule has 0 aliphatic rings. The first-order valence-electron chi connectivity index (χ1n) is 5.30. The molecule has 0 saturated heterocycles. The normalized spacial score (nSPS) is 12.6. The molecule has 0 radical (unpaired) electrons. The van der Waals surface area contributed by atoms with E-state index in [4.69, 9.17) is 9.92 Å². The van der Waals surface area contributed by atoms with Crippen molar-refractivity contribution in [1.82, 2.24) is 0 Å².